The van der Waals surface area contributed by atoms with Gasteiger partial charge in [0.15, 0.2) is 0 Å². The standard InChI is InChI=1S/C17H20BrNO/c1-2-3-4-13-5-8-16(9-6-13)19-12-14-11-15(18)7-10-17(14)20/h5-11,19-20H,2-4,12H2,1H3. The van der Waals surface area contributed by atoms with Gasteiger partial charge in [-0.2, -0.15) is 0 Å². The molecule has 20 heavy (non-hydrogen) atoms. The molecule has 2 aromatic carbocycles. The van der Waals surface area contributed by atoms with Gasteiger partial charge in [-0.1, -0.05) is 41.4 Å². The number of unbranched alkanes of at least 4 members (excludes halogenated alkanes) is 1. The second-order valence-corrected chi connectivity index (χ2v) is 5.84. The maximum atomic E-state index is 9.79. The molecule has 0 saturated heterocycles. The fourth-order valence-electron chi connectivity index (χ4n) is 2.06. The normalized spacial score (nSPS) is 10.5. The molecule has 0 fully saturated rings. The molecule has 2 rings (SSSR count). The lowest BCUT2D eigenvalue weighted by atomic mass is 10.1. The second kappa shape index (κ2) is 7.34. The summed E-state index contributed by atoms with van der Waals surface area (Å²) in [4.78, 5) is 0. The summed E-state index contributed by atoms with van der Waals surface area (Å²) in [5.41, 5.74) is 3.33. The zero-order chi connectivity index (χ0) is 14.4. The molecule has 0 heterocycles. The minimum Gasteiger partial charge on any atom is -0.508 e. The van der Waals surface area contributed by atoms with Crippen LogP contribution in [0.25, 0.3) is 0 Å². The number of phenols is 1. The minimum atomic E-state index is 0.320. The highest BCUT2D eigenvalue weighted by Gasteiger charge is 2.02. The van der Waals surface area contributed by atoms with Gasteiger partial charge in [-0.05, 0) is 48.7 Å². The van der Waals surface area contributed by atoms with E-state index in [0.717, 1.165) is 22.1 Å². The first-order valence-electron chi connectivity index (χ1n) is 6.99. The third-order valence-corrected chi connectivity index (χ3v) is 3.79. The predicted molar refractivity (Wildman–Crippen MR) is 88.2 cm³/mol. The number of nitrogens with one attached hydrogen (secondary N) is 1. The van der Waals surface area contributed by atoms with Gasteiger partial charge in [0.2, 0.25) is 0 Å². The molecule has 0 atom stereocenters. The van der Waals surface area contributed by atoms with Crippen molar-refractivity contribution in [3.8, 4) is 5.75 Å². The van der Waals surface area contributed by atoms with Crippen LogP contribution in [0.5, 0.6) is 5.75 Å². The minimum absolute atomic E-state index is 0.320. The van der Waals surface area contributed by atoms with E-state index in [9.17, 15) is 5.11 Å². The van der Waals surface area contributed by atoms with E-state index in [4.69, 9.17) is 0 Å². The predicted octanol–water partition coefficient (Wildman–Crippen LogP) is 5.11. The lowest BCUT2D eigenvalue weighted by molar-refractivity contribution is 0.469. The Kier molecular flexibility index (Phi) is 5.48. The molecule has 0 radical (unpaired) electrons. The summed E-state index contributed by atoms with van der Waals surface area (Å²) in [6, 6.07) is 14.0. The molecule has 0 amide bonds. The zero-order valence-electron chi connectivity index (χ0n) is 11.7. The van der Waals surface area contributed by atoms with E-state index in [-0.39, 0.29) is 0 Å². The Labute approximate surface area is 129 Å². The van der Waals surface area contributed by atoms with E-state index in [1.165, 1.54) is 18.4 Å². The Hall–Kier alpha value is -1.48. The van der Waals surface area contributed by atoms with Crippen LogP contribution in [-0.4, -0.2) is 5.11 Å². The van der Waals surface area contributed by atoms with Gasteiger partial charge in [-0.25, -0.2) is 0 Å². The fourth-order valence-corrected chi connectivity index (χ4v) is 2.47. The van der Waals surface area contributed by atoms with Crippen LogP contribution in [0.1, 0.15) is 30.9 Å². The highest BCUT2D eigenvalue weighted by atomic mass is 79.9. The molecule has 0 aliphatic rings. The van der Waals surface area contributed by atoms with Crippen LogP contribution in [0.3, 0.4) is 0 Å². The SMILES string of the molecule is CCCCc1ccc(NCc2cc(Br)ccc2O)cc1. The van der Waals surface area contributed by atoms with Crippen molar-refractivity contribution < 1.29 is 5.11 Å². The van der Waals surface area contributed by atoms with Crippen molar-refractivity contribution in [1.82, 2.24) is 0 Å². The van der Waals surface area contributed by atoms with Crippen molar-refractivity contribution >= 4 is 21.6 Å². The van der Waals surface area contributed by atoms with Gasteiger partial charge in [0.05, 0.1) is 0 Å². The largest absolute Gasteiger partial charge is 0.508 e. The summed E-state index contributed by atoms with van der Waals surface area (Å²) in [6.45, 7) is 2.82. The lowest BCUT2D eigenvalue weighted by Gasteiger charge is -2.09. The van der Waals surface area contributed by atoms with E-state index < -0.39 is 0 Å². The van der Waals surface area contributed by atoms with E-state index >= 15 is 0 Å². The monoisotopic (exact) mass is 333 g/mol. The highest BCUT2D eigenvalue weighted by Crippen LogP contribution is 2.23. The Balaban J connectivity index is 1.95. The number of rotatable bonds is 6. The first-order chi connectivity index (χ1) is 9.69. The van der Waals surface area contributed by atoms with Crippen molar-refractivity contribution in [2.24, 2.45) is 0 Å². The van der Waals surface area contributed by atoms with Crippen molar-refractivity contribution in [3.63, 3.8) is 0 Å². The van der Waals surface area contributed by atoms with Gasteiger partial charge < -0.3 is 10.4 Å². The molecule has 0 aliphatic carbocycles. The van der Waals surface area contributed by atoms with Gasteiger partial charge in [0.25, 0.3) is 0 Å². The zero-order valence-corrected chi connectivity index (χ0v) is 13.3. The molecule has 0 saturated carbocycles. The maximum absolute atomic E-state index is 9.79. The number of phenolic OH excluding ortho intramolecular Hbond substituents is 1. The fraction of sp³-hybridized carbons (Fsp3) is 0.294. The molecule has 0 bridgehead atoms. The Bertz CT molecular complexity index is 551. The van der Waals surface area contributed by atoms with Gasteiger partial charge in [-0.3, -0.25) is 0 Å². The van der Waals surface area contributed by atoms with Crippen LogP contribution in [0.2, 0.25) is 0 Å². The third kappa shape index (κ3) is 4.27. The van der Waals surface area contributed by atoms with E-state index in [1.54, 1.807) is 6.07 Å². The summed E-state index contributed by atoms with van der Waals surface area (Å²) >= 11 is 3.42. The summed E-state index contributed by atoms with van der Waals surface area (Å²) in [6.07, 6.45) is 3.60. The number of aryl methyl sites for hydroxylation is 1. The number of benzene rings is 2. The average Bonchev–Trinajstić information content (AvgIpc) is 2.47. The van der Waals surface area contributed by atoms with Crippen LogP contribution in [0.15, 0.2) is 46.9 Å². The van der Waals surface area contributed by atoms with Crippen LogP contribution in [-0.2, 0) is 13.0 Å². The number of anilines is 1. The number of halogens is 1. The quantitative estimate of drug-likeness (QED) is 0.769. The highest BCUT2D eigenvalue weighted by molar-refractivity contribution is 9.10. The Morgan fingerprint density at radius 2 is 1.85 bits per heavy atom. The molecular weight excluding hydrogens is 314 g/mol. The van der Waals surface area contributed by atoms with E-state index in [2.05, 4.69) is 52.4 Å². The van der Waals surface area contributed by atoms with Gasteiger partial charge >= 0.3 is 0 Å². The molecule has 106 valence electrons. The molecule has 3 heteroatoms. The number of hydrogen-bond acceptors (Lipinski definition) is 2. The summed E-state index contributed by atoms with van der Waals surface area (Å²) in [7, 11) is 0. The van der Waals surface area contributed by atoms with Crippen LogP contribution >= 0.6 is 15.9 Å². The Morgan fingerprint density at radius 1 is 1.10 bits per heavy atom. The first-order valence-corrected chi connectivity index (χ1v) is 7.78. The molecule has 2 nitrogen and oxygen atoms in total. The second-order valence-electron chi connectivity index (χ2n) is 4.93. The van der Waals surface area contributed by atoms with Crippen molar-refractivity contribution in [3.05, 3.63) is 58.1 Å². The lowest BCUT2D eigenvalue weighted by Crippen LogP contribution is -2.00. The van der Waals surface area contributed by atoms with E-state index in [1.807, 2.05) is 12.1 Å². The molecule has 2 N–H and O–H groups in total. The smallest absolute Gasteiger partial charge is 0.120 e. The summed E-state index contributed by atoms with van der Waals surface area (Å²) in [5.74, 6) is 0.320. The van der Waals surface area contributed by atoms with Crippen LogP contribution in [0.4, 0.5) is 5.69 Å². The third-order valence-electron chi connectivity index (χ3n) is 3.30. The summed E-state index contributed by atoms with van der Waals surface area (Å²) in [5, 5.41) is 13.1. The van der Waals surface area contributed by atoms with Crippen molar-refractivity contribution in [2.45, 2.75) is 32.7 Å². The van der Waals surface area contributed by atoms with Gasteiger partial charge in [0.1, 0.15) is 5.75 Å². The van der Waals surface area contributed by atoms with Crippen LogP contribution in [0, 0.1) is 0 Å². The van der Waals surface area contributed by atoms with Gasteiger partial charge in [0, 0.05) is 22.3 Å². The molecule has 2 aromatic rings. The molecule has 0 aliphatic heterocycles. The Morgan fingerprint density at radius 3 is 2.55 bits per heavy atom. The van der Waals surface area contributed by atoms with E-state index in [0.29, 0.717) is 12.3 Å². The van der Waals surface area contributed by atoms with Crippen LogP contribution < -0.4 is 5.32 Å². The average molecular weight is 334 g/mol. The summed E-state index contributed by atoms with van der Waals surface area (Å²) < 4.78 is 0.974. The molecular formula is C17H20BrNO. The maximum Gasteiger partial charge on any atom is 0.120 e. The van der Waals surface area contributed by atoms with Crippen molar-refractivity contribution in [2.75, 3.05) is 5.32 Å². The topological polar surface area (TPSA) is 32.3 Å². The first kappa shape index (κ1) is 14.9. The van der Waals surface area contributed by atoms with Crippen molar-refractivity contribution in [1.29, 1.82) is 0 Å². The molecule has 0 unspecified atom stereocenters. The molecule has 0 aromatic heterocycles. The number of aromatic hydroxyl groups is 1. The number of hydrogen-bond donors (Lipinski definition) is 2. The molecule has 0 spiro atoms. The van der Waals surface area contributed by atoms with Gasteiger partial charge in [-0.15, -0.1) is 0 Å².